The fourth-order valence-corrected chi connectivity index (χ4v) is 4.41. The van der Waals surface area contributed by atoms with Gasteiger partial charge in [-0.2, -0.15) is 0 Å². The van der Waals surface area contributed by atoms with Gasteiger partial charge in [-0.15, -0.1) is 0 Å². The molecule has 0 aliphatic heterocycles. The molecule has 204 valence electrons. The van der Waals surface area contributed by atoms with E-state index in [1.807, 2.05) is 50.2 Å². The molecule has 9 heteroatoms. The zero-order valence-electron chi connectivity index (χ0n) is 22.7. The van der Waals surface area contributed by atoms with E-state index in [2.05, 4.69) is 10.6 Å². The first kappa shape index (κ1) is 28.7. The van der Waals surface area contributed by atoms with Crippen LogP contribution in [0.5, 0.6) is 0 Å². The van der Waals surface area contributed by atoms with Crippen molar-refractivity contribution in [3.63, 3.8) is 0 Å². The second-order valence-electron chi connectivity index (χ2n) is 10.8. The van der Waals surface area contributed by atoms with Crippen LogP contribution in [0.15, 0.2) is 48.5 Å². The number of benzene rings is 2. The average Bonchev–Trinajstić information content (AvgIpc) is 2.76. The van der Waals surface area contributed by atoms with Gasteiger partial charge < -0.3 is 26.0 Å². The Morgan fingerprint density at radius 2 is 1.74 bits per heavy atom. The van der Waals surface area contributed by atoms with Gasteiger partial charge in [-0.25, -0.2) is 4.79 Å². The van der Waals surface area contributed by atoms with Gasteiger partial charge in [0.15, 0.2) is 0 Å². The fourth-order valence-electron chi connectivity index (χ4n) is 4.41. The van der Waals surface area contributed by atoms with E-state index >= 15 is 0 Å². The van der Waals surface area contributed by atoms with Crippen LogP contribution >= 0.6 is 0 Å². The number of anilines is 1. The maximum absolute atomic E-state index is 14.1. The molecule has 9 nitrogen and oxygen atoms in total. The highest BCUT2D eigenvalue weighted by atomic mass is 16.6. The summed E-state index contributed by atoms with van der Waals surface area (Å²) in [7, 11) is 0. The molecule has 1 aliphatic rings. The predicted octanol–water partition coefficient (Wildman–Crippen LogP) is 4.13. The van der Waals surface area contributed by atoms with Gasteiger partial charge in [0.1, 0.15) is 17.7 Å². The van der Waals surface area contributed by atoms with Gasteiger partial charge in [-0.3, -0.25) is 14.4 Å². The van der Waals surface area contributed by atoms with Crippen molar-refractivity contribution in [2.75, 3.05) is 5.32 Å². The molecule has 2 aromatic rings. The summed E-state index contributed by atoms with van der Waals surface area (Å²) in [5, 5.41) is 5.50. The van der Waals surface area contributed by atoms with Crippen LogP contribution in [0.1, 0.15) is 69.2 Å². The zero-order valence-corrected chi connectivity index (χ0v) is 22.7. The number of hydrogen-bond acceptors (Lipinski definition) is 5. The number of carbonyl (C=O) groups excluding carboxylic acids is 4. The molecule has 2 aromatic carbocycles. The Bertz CT molecular complexity index is 1190. The molecule has 2 atom stereocenters. The Kier molecular flexibility index (Phi) is 9.14. The molecule has 0 saturated heterocycles. The molecule has 1 saturated carbocycles. The summed E-state index contributed by atoms with van der Waals surface area (Å²) >= 11 is 0. The molecule has 2 unspecified atom stereocenters. The summed E-state index contributed by atoms with van der Waals surface area (Å²) in [6, 6.07) is 12.3. The van der Waals surface area contributed by atoms with Gasteiger partial charge in [0, 0.05) is 11.7 Å². The molecule has 38 heavy (non-hydrogen) atoms. The van der Waals surface area contributed by atoms with Gasteiger partial charge in [0.05, 0.1) is 6.42 Å². The highest BCUT2D eigenvalue weighted by Crippen LogP contribution is 2.35. The Hall–Kier alpha value is -3.88. The molecular formula is C29H38N4O5. The van der Waals surface area contributed by atoms with Crippen LogP contribution in [0.25, 0.3) is 0 Å². The minimum absolute atomic E-state index is 0.244. The van der Waals surface area contributed by atoms with E-state index in [0.717, 1.165) is 17.5 Å². The highest BCUT2D eigenvalue weighted by Gasteiger charge is 2.42. The van der Waals surface area contributed by atoms with E-state index in [1.165, 1.54) is 4.90 Å². The van der Waals surface area contributed by atoms with Crippen molar-refractivity contribution >= 4 is 29.5 Å². The normalized spacial score (nSPS) is 15.0. The number of ether oxygens (including phenoxy) is 1. The van der Waals surface area contributed by atoms with Crippen LogP contribution in [-0.4, -0.2) is 46.4 Å². The van der Waals surface area contributed by atoms with Crippen molar-refractivity contribution in [2.45, 2.75) is 84.0 Å². The van der Waals surface area contributed by atoms with Crippen LogP contribution in [-0.2, 0) is 19.1 Å². The number of rotatable bonds is 9. The first-order valence-corrected chi connectivity index (χ1v) is 12.9. The maximum Gasteiger partial charge on any atom is 0.408 e. The highest BCUT2D eigenvalue weighted by molar-refractivity contribution is 6.00. The lowest BCUT2D eigenvalue weighted by Crippen LogP contribution is -2.57. The molecule has 3 rings (SSSR count). The number of nitrogens with zero attached hydrogens (tertiary/aromatic N) is 1. The quantitative estimate of drug-likeness (QED) is 0.456. The van der Waals surface area contributed by atoms with Gasteiger partial charge in [-0.1, -0.05) is 48.0 Å². The largest absolute Gasteiger partial charge is 0.444 e. The van der Waals surface area contributed by atoms with Crippen LogP contribution in [0.2, 0.25) is 0 Å². The first-order valence-electron chi connectivity index (χ1n) is 12.9. The summed E-state index contributed by atoms with van der Waals surface area (Å²) in [4.78, 5) is 54.1. The number of amides is 4. The van der Waals surface area contributed by atoms with Gasteiger partial charge in [-0.05, 0) is 71.1 Å². The predicted molar refractivity (Wildman–Crippen MR) is 145 cm³/mol. The molecule has 4 amide bonds. The van der Waals surface area contributed by atoms with Gasteiger partial charge in [0.2, 0.25) is 11.8 Å². The second-order valence-corrected chi connectivity index (χ2v) is 10.8. The van der Waals surface area contributed by atoms with Crippen LogP contribution in [0, 0.1) is 13.8 Å². The molecule has 0 heterocycles. The second kappa shape index (κ2) is 12.1. The van der Waals surface area contributed by atoms with Crippen molar-refractivity contribution in [1.82, 2.24) is 10.2 Å². The summed E-state index contributed by atoms with van der Waals surface area (Å²) < 4.78 is 5.33. The minimum atomic E-state index is -1.29. The smallest absolute Gasteiger partial charge is 0.408 e. The Labute approximate surface area is 224 Å². The Balaban J connectivity index is 2.03. The van der Waals surface area contributed by atoms with Gasteiger partial charge in [0.25, 0.3) is 5.91 Å². The number of para-hydroxylation sites is 1. The SMILES string of the molecule is Cc1cccc(C(C(=O)Nc2ccccc2C)N(C(=O)C(CC(N)=O)NC(=O)OC(C)(C)C)C2CCC2)c1. The third kappa shape index (κ3) is 7.57. The van der Waals surface area contributed by atoms with E-state index in [1.54, 1.807) is 32.9 Å². The number of nitrogens with one attached hydrogen (secondary N) is 2. The van der Waals surface area contributed by atoms with E-state index in [-0.39, 0.29) is 11.9 Å². The number of nitrogens with two attached hydrogens (primary N) is 1. The van der Waals surface area contributed by atoms with Crippen LogP contribution in [0.4, 0.5) is 10.5 Å². The summed E-state index contributed by atoms with van der Waals surface area (Å²) in [6.07, 6.45) is 1.01. The topological polar surface area (TPSA) is 131 Å². The zero-order chi connectivity index (χ0) is 28.0. The third-order valence-electron chi connectivity index (χ3n) is 6.40. The standard InChI is InChI=1S/C29H38N4O5/c1-18-10-8-12-20(16-18)25(26(35)31-22-15-7-6-11-19(22)2)33(21-13-9-14-21)27(36)23(17-24(30)34)32-28(37)38-29(3,4)5/h6-8,10-12,15-16,21,23,25H,9,13-14,17H2,1-5H3,(H2,30,34)(H,31,35)(H,32,37). The monoisotopic (exact) mass is 522 g/mol. The number of hydrogen-bond donors (Lipinski definition) is 3. The molecule has 1 fully saturated rings. The Morgan fingerprint density at radius 3 is 2.29 bits per heavy atom. The number of alkyl carbamates (subject to hydrolysis) is 1. The molecule has 0 aromatic heterocycles. The first-order chi connectivity index (χ1) is 17.9. The lowest BCUT2D eigenvalue weighted by molar-refractivity contribution is -0.146. The van der Waals surface area contributed by atoms with E-state index in [4.69, 9.17) is 10.5 Å². The van der Waals surface area contributed by atoms with E-state index in [9.17, 15) is 19.2 Å². The lowest BCUT2D eigenvalue weighted by atomic mass is 9.87. The number of aryl methyl sites for hydroxylation is 2. The summed E-state index contributed by atoms with van der Waals surface area (Å²) in [5.74, 6) is -1.71. The van der Waals surface area contributed by atoms with E-state index < -0.39 is 42.0 Å². The minimum Gasteiger partial charge on any atom is -0.444 e. The van der Waals surface area contributed by atoms with Crippen molar-refractivity contribution in [3.05, 3.63) is 65.2 Å². The average molecular weight is 523 g/mol. The summed E-state index contributed by atoms with van der Waals surface area (Å²) in [6.45, 7) is 8.89. The van der Waals surface area contributed by atoms with Crippen LogP contribution < -0.4 is 16.4 Å². The van der Waals surface area contributed by atoms with Crippen molar-refractivity contribution < 1.29 is 23.9 Å². The van der Waals surface area contributed by atoms with E-state index in [0.29, 0.717) is 24.1 Å². The Morgan fingerprint density at radius 1 is 1.05 bits per heavy atom. The number of primary amides is 1. The fraction of sp³-hybridized carbons (Fsp3) is 0.448. The molecule has 1 aliphatic carbocycles. The van der Waals surface area contributed by atoms with Crippen molar-refractivity contribution in [1.29, 1.82) is 0 Å². The third-order valence-corrected chi connectivity index (χ3v) is 6.40. The summed E-state index contributed by atoms with van der Waals surface area (Å²) in [5.41, 5.74) is 7.73. The molecule has 0 spiro atoms. The molecular weight excluding hydrogens is 484 g/mol. The van der Waals surface area contributed by atoms with Crippen molar-refractivity contribution in [2.24, 2.45) is 5.73 Å². The number of carbonyl (C=O) groups is 4. The lowest BCUT2D eigenvalue weighted by Gasteiger charge is -2.43. The van der Waals surface area contributed by atoms with Gasteiger partial charge >= 0.3 is 6.09 Å². The van der Waals surface area contributed by atoms with Crippen LogP contribution in [0.3, 0.4) is 0 Å². The molecule has 0 radical (unpaired) electrons. The van der Waals surface area contributed by atoms with Crippen molar-refractivity contribution in [3.8, 4) is 0 Å². The molecule has 0 bridgehead atoms. The maximum atomic E-state index is 14.1. The molecule has 4 N–H and O–H groups in total.